The number of ether oxygens (including phenoxy) is 3. The highest BCUT2D eigenvalue weighted by Gasteiger charge is 2.56. The van der Waals surface area contributed by atoms with Gasteiger partial charge in [0, 0.05) is 12.7 Å². The molecule has 0 radical (unpaired) electrons. The predicted molar refractivity (Wildman–Crippen MR) is 97.0 cm³/mol. The van der Waals surface area contributed by atoms with E-state index in [4.69, 9.17) is 14.2 Å². The maximum Gasteiger partial charge on any atom is 0.357 e. The number of hydrogen-bond donors (Lipinski definition) is 0. The van der Waals surface area contributed by atoms with E-state index in [9.17, 15) is 19.2 Å². The first-order valence-corrected chi connectivity index (χ1v) is 9.66. The molecule has 8 nitrogen and oxygen atoms in total. The van der Waals surface area contributed by atoms with E-state index in [0.717, 1.165) is 0 Å². The lowest BCUT2D eigenvalue weighted by Crippen LogP contribution is -2.64. The molecule has 0 bridgehead atoms. The van der Waals surface area contributed by atoms with Crippen molar-refractivity contribution in [2.24, 2.45) is 11.3 Å². The lowest BCUT2D eigenvalue weighted by atomic mass is 9.91. The molecule has 2 aliphatic heterocycles. The Morgan fingerprint density at radius 2 is 1.89 bits per heavy atom. The zero-order valence-corrected chi connectivity index (χ0v) is 17.2. The molecule has 1 saturated heterocycles. The Morgan fingerprint density at radius 3 is 2.44 bits per heavy atom. The van der Waals surface area contributed by atoms with Crippen molar-refractivity contribution >= 4 is 35.6 Å². The van der Waals surface area contributed by atoms with Gasteiger partial charge in [0.05, 0.1) is 10.8 Å². The largest absolute Gasteiger partial charge is 0.462 e. The lowest BCUT2D eigenvalue weighted by Gasteiger charge is -2.51. The molecule has 2 rings (SSSR count). The molecule has 0 aromatic heterocycles. The van der Waals surface area contributed by atoms with Gasteiger partial charge in [0.25, 0.3) is 0 Å². The molecule has 0 aromatic carbocycles. The molecule has 2 aliphatic rings. The second-order valence-corrected chi connectivity index (χ2v) is 8.72. The summed E-state index contributed by atoms with van der Waals surface area (Å²) < 4.78 is 15.1. The third-order valence-corrected chi connectivity index (χ3v) is 5.69. The van der Waals surface area contributed by atoms with Crippen LogP contribution >= 0.6 is 11.8 Å². The molecule has 0 N–H and O–H groups in total. The van der Waals surface area contributed by atoms with Crippen molar-refractivity contribution in [3.63, 3.8) is 0 Å². The van der Waals surface area contributed by atoms with Gasteiger partial charge in [0.2, 0.25) is 12.7 Å². The molecule has 150 valence electrons. The minimum atomic E-state index is -0.716. The number of carbonyl (C=O) groups excluding carboxylic acids is 4. The van der Waals surface area contributed by atoms with Crippen molar-refractivity contribution in [3.05, 3.63) is 11.3 Å². The van der Waals surface area contributed by atoms with E-state index in [2.05, 4.69) is 0 Å². The van der Waals surface area contributed by atoms with E-state index < -0.39 is 42.1 Å². The van der Waals surface area contributed by atoms with Crippen LogP contribution in [0.4, 0.5) is 0 Å². The molecule has 3 atom stereocenters. The molecule has 0 spiro atoms. The Bertz CT molecular complexity index is 694. The van der Waals surface area contributed by atoms with E-state index in [1.165, 1.54) is 23.6 Å². The van der Waals surface area contributed by atoms with Crippen LogP contribution in [0.1, 0.15) is 41.5 Å². The molecule has 0 aliphatic carbocycles. The van der Waals surface area contributed by atoms with Gasteiger partial charge < -0.3 is 14.2 Å². The minimum absolute atomic E-state index is 0.168. The summed E-state index contributed by atoms with van der Waals surface area (Å²) in [5.41, 5.74) is 0.166. The average Bonchev–Trinajstić information content (AvgIpc) is 2.53. The van der Waals surface area contributed by atoms with Crippen LogP contribution in [0.3, 0.4) is 0 Å². The van der Waals surface area contributed by atoms with Crippen molar-refractivity contribution in [1.29, 1.82) is 0 Å². The lowest BCUT2D eigenvalue weighted by molar-refractivity contribution is -0.176. The van der Waals surface area contributed by atoms with Crippen LogP contribution in [-0.4, -0.2) is 52.7 Å². The van der Waals surface area contributed by atoms with Crippen molar-refractivity contribution in [3.8, 4) is 0 Å². The molecule has 0 saturated carbocycles. The van der Waals surface area contributed by atoms with Crippen LogP contribution in [-0.2, 0) is 33.4 Å². The fourth-order valence-electron chi connectivity index (χ4n) is 2.85. The average molecular weight is 399 g/mol. The monoisotopic (exact) mass is 399 g/mol. The van der Waals surface area contributed by atoms with E-state index >= 15 is 0 Å². The van der Waals surface area contributed by atoms with Crippen molar-refractivity contribution in [2.75, 3.05) is 12.5 Å². The smallest absolute Gasteiger partial charge is 0.357 e. The van der Waals surface area contributed by atoms with Gasteiger partial charge >= 0.3 is 17.9 Å². The van der Waals surface area contributed by atoms with Crippen LogP contribution in [0, 0.1) is 11.3 Å². The fourth-order valence-corrected chi connectivity index (χ4v) is 4.31. The van der Waals surface area contributed by atoms with Gasteiger partial charge in [0.15, 0.2) is 0 Å². The second kappa shape index (κ2) is 7.92. The van der Waals surface area contributed by atoms with Gasteiger partial charge in [-0.1, -0.05) is 0 Å². The Hall–Kier alpha value is -2.03. The van der Waals surface area contributed by atoms with Gasteiger partial charge in [-0.3, -0.25) is 19.3 Å². The highest BCUT2D eigenvalue weighted by Crippen LogP contribution is 2.45. The minimum Gasteiger partial charge on any atom is -0.462 e. The molecular weight excluding hydrogens is 374 g/mol. The number of rotatable bonds is 5. The molecular formula is C18H25NO7S. The standard InChI is InChI=1S/C18H25NO7S/c1-9-7-27-15-12(10(2)26-11(3)20)14(21)19(15)13(9)16(22)24-8-25-17(23)18(4,5)6/h10,12,15H,7-8H2,1-6H3/t10?,12-,15+/m0/s1. The van der Waals surface area contributed by atoms with Crippen LogP contribution in [0.15, 0.2) is 11.3 Å². The fraction of sp³-hybridized carbons (Fsp3) is 0.667. The first kappa shape index (κ1) is 21.3. The number of amides is 1. The first-order chi connectivity index (χ1) is 12.4. The summed E-state index contributed by atoms with van der Waals surface area (Å²) in [6.45, 7) is 9.26. The Balaban J connectivity index is 2.03. The van der Waals surface area contributed by atoms with Crippen molar-refractivity contribution < 1.29 is 33.4 Å². The zero-order chi connectivity index (χ0) is 20.5. The van der Waals surface area contributed by atoms with Gasteiger partial charge in [-0.05, 0) is 40.2 Å². The Morgan fingerprint density at radius 1 is 1.26 bits per heavy atom. The summed E-state index contributed by atoms with van der Waals surface area (Å²) >= 11 is 1.50. The predicted octanol–water partition coefficient (Wildman–Crippen LogP) is 1.83. The third-order valence-electron chi connectivity index (χ3n) is 4.24. The van der Waals surface area contributed by atoms with Crippen LogP contribution in [0.25, 0.3) is 0 Å². The highest BCUT2D eigenvalue weighted by atomic mass is 32.2. The molecule has 1 amide bonds. The van der Waals surface area contributed by atoms with E-state index in [1.807, 2.05) is 0 Å². The summed E-state index contributed by atoms with van der Waals surface area (Å²) in [6, 6.07) is 0. The SMILES string of the molecule is CC(=O)OC(C)[C@H]1C(=O)N2C(C(=O)OCOC(=O)C(C)(C)C)=C(C)CS[C@H]12. The molecule has 27 heavy (non-hydrogen) atoms. The summed E-state index contributed by atoms with van der Waals surface area (Å²) in [6.07, 6.45) is -0.577. The van der Waals surface area contributed by atoms with Crippen LogP contribution in [0.2, 0.25) is 0 Å². The number of carbonyl (C=O) groups is 4. The summed E-state index contributed by atoms with van der Waals surface area (Å²) in [5.74, 6) is -1.92. The van der Waals surface area contributed by atoms with E-state index in [1.54, 1.807) is 34.6 Å². The molecule has 9 heteroatoms. The van der Waals surface area contributed by atoms with Crippen LogP contribution in [0.5, 0.6) is 0 Å². The number of β-lactam (4-membered cyclic amide) rings is 1. The number of hydrogen-bond acceptors (Lipinski definition) is 8. The van der Waals surface area contributed by atoms with Gasteiger partial charge in [-0.2, -0.15) is 0 Å². The van der Waals surface area contributed by atoms with E-state index in [0.29, 0.717) is 11.3 Å². The molecule has 1 fully saturated rings. The summed E-state index contributed by atoms with van der Waals surface area (Å²) in [4.78, 5) is 49.3. The summed E-state index contributed by atoms with van der Waals surface area (Å²) in [7, 11) is 0. The normalized spacial score (nSPS) is 23.2. The quantitative estimate of drug-likeness (QED) is 0.392. The second-order valence-electron chi connectivity index (χ2n) is 7.61. The van der Waals surface area contributed by atoms with Gasteiger partial charge in [-0.15, -0.1) is 11.8 Å². The number of nitrogens with zero attached hydrogens (tertiary/aromatic N) is 1. The Kier molecular flexibility index (Phi) is 6.24. The van der Waals surface area contributed by atoms with E-state index in [-0.39, 0.29) is 17.0 Å². The topological polar surface area (TPSA) is 99.2 Å². The zero-order valence-electron chi connectivity index (χ0n) is 16.4. The van der Waals surface area contributed by atoms with Crippen molar-refractivity contribution in [1.82, 2.24) is 4.90 Å². The maximum atomic E-state index is 12.6. The first-order valence-electron chi connectivity index (χ1n) is 8.61. The molecule has 1 unspecified atom stereocenters. The number of esters is 3. The van der Waals surface area contributed by atoms with Crippen LogP contribution < -0.4 is 0 Å². The highest BCUT2D eigenvalue weighted by molar-refractivity contribution is 8.00. The number of thioether (sulfide) groups is 1. The maximum absolute atomic E-state index is 12.6. The van der Waals surface area contributed by atoms with Gasteiger partial charge in [0.1, 0.15) is 17.7 Å². The third kappa shape index (κ3) is 4.45. The Labute approximate surface area is 162 Å². The summed E-state index contributed by atoms with van der Waals surface area (Å²) in [5, 5.41) is -0.296. The van der Waals surface area contributed by atoms with Crippen molar-refractivity contribution in [2.45, 2.75) is 53.0 Å². The number of fused-ring (bicyclic) bond motifs is 1. The molecule has 2 heterocycles. The van der Waals surface area contributed by atoms with Gasteiger partial charge in [-0.25, -0.2) is 4.79 Å². The molecule has 0 aromatic rings.